The van der Waals surface area contributed by atoms with Gasteiger partial charge in [0.25, 0.3) is 0 Å². The zero-order chi connectivity index (χ0) is 17.8. The van der Waals surface area contributed by atoms with Gasteiger partial charge in [0.2, 0.25) is 0 Å². The zero-order valence-corrected chi connectivity index (χ0v) is 15.1. The van der Waals surface area contributed by atoms with E-state index in [0.717, 1.165) is 47.6 Å². The van der Waals surface area contributed by atoms with Gasteiger partial charge in [-0.15, -0.1) is 0 Å². The highest BCUT2D eigenvalue weighted by atomic mass is 35.5. The Hall–Kier alpha value is -2.20. The summed E-state index contributed by atoms with van der Waals surface area (Å²) in [6, 6.07) is 7.78. The van der Waals surface area contributed by atoms with Crippen molar-refractivity contribution >= 4 is 23.3 Å². The molecule has 0 saturated heterocycles. The summed E-state index contributed by atoms with van der Waals surface area (Å²) in [6.45, 7) is 2.20. The molecule has 3 N–H and O–H groups in total. The normalized spacial score (nSPS) is 19.4. The van der Waals surface area contributed by atoms with Gasteiger partial charge in [0.15, 0.2) is 0 Å². The first kappa shape index (κ1) is 17.6. The van der Waals surface area contributed by atoms with Gasteiger partial charge >= 0.3 is 5.97 Å². The number of hydrogen-bond donors (Lipinski definition) is 3. The van der Waals surface area contributed by atoms with Gasteiger partial charge in [-0.3, -0.25) is 4.79 Å². The molecule has 1 heterocycles. The zero-order valence-electron chi connectivity index (χ0n) is 14.3. The Balaban J connectivity index is 1.85. The third-order valence-electron chi connectivity index (χ3n) is 4.48. The molecular formula is C20H23ClN2O2. The summed E-state index contributed by atoms with van der Waals surface area (Å²) < 4.78 is 0. The topological polar surface area (TPSA) is 61.4 Å². The lowest BCUT2D eigenvalue weighted by molar-refractivity contribution is -0.137. The number of carboxylic acid groups (broad SMARTS) is 1. The second kappa shape index (κ2) is 7.79. The van der Waals surface area contributed by atoms with Crippen LogP contribution in [0.3, 0.4) is 0 Å². The number of rotatable bonds is 6. The average Bonchev–Trinajstić information content (AvgIpc) is 2.58. The molecule has 1 aromatic carbocycles. The van der Waals surface area contributed by atoms with Crippen molar-refractivity contribution < 1.29 is 9.90 Å². The number of carboxylic acids is 1. The Labute approximate surface area is 153 Å². The van der Waals surface area contributed by atoms with Crippen molar-refractivity contribution in [1.82, 2.24) is 10.6 Å². The van der Waals surface area contributed by atoms with E-state index >= 15 is 0 Å². The molecule has 0 saturated carbocycles. The molecule has 0 amide bonds. The van der Waals surface area contributed by atoms with Gasteiger partial charge in [-0.25, -0.2) is 0 Å². The lowest BCUT2D eigenvalue weighted by Crippen LogP contribution is -2.33. The van der Waals surface area contributed by atoms with Crippen LogP contribution in [0.1, 0.15) is 44.6 Å². The largest absolute Gasteiger partial charge is 0.481 e. The Bertz CT molecular complexity index is 747. The van der Waals surface area contributed by atoms with Crippen molar-refractivity contribution in [2.45, 2.75) is 39.0 Å². The summed E-state index contributed by atoms with van der Waals surface area (Å²) in [5.41, 5.74) is 5.45. The van der Waals surface area contributed by atoms with E-state index in [2.05, 4.69) is 29.7 Å². The van der Waals surface area contributed by atoms with Crippen molar-refractivity contribution in [3.05, 3.63) is 64.1 Å². The average molecular weight is 359 g/mol. The van der Waals surface area contributed by atoms with Gasteiger partial charge in [-0.1, -0.05) is 42.8 Å². The van der Waals surface area contributed by atoms with Gasteiger partial charge < -0.3 is 15.7 Å². The van der Waals surface area contributed by atoms with Gasteiger partial charge in [0, 0.05) is 17.1 Å². The fourth-order valence-corrected chi connectivity index (χ4v) is 3.27. The van der Waals surface area contributed by atoms with E-state index < -0.39 is 5.97 Å². The lowest BCUT2D eigenvalue weighted by Gasteiger charge is -2.31. The molecule has 0 aromatic heterocycles. The van der Waals surface area contributed by atoms with Crippen molar-refractivity contribution in [3.63, 3.8) is 0 Å². The van der Waals surface area contributed by atoms with Gasteiger partial charge in [0.05, 0.1) is 17.1 Å². The highest BCUT2D eigenvalue weighted by molar-refractivity contribution is 6.30. The smallest absolute Gasteiger partial charge is 0.303 e. The second-order valence-corrected chi connectivity index (χ2v) is 7.06. The van der Waals surface area contributed by atoms with Gasteiger partial charge in [-0.05, 0) is 49.3 Å². The van der Waals surface area contributed by atoms with E-state index in [1.165, 1.54) is 0 Å². The summed E-state index contributed by atoms with van der Waals surface area (Å²) in [6.07, 6.45) is 8.01. The molecule has 4 nitrogen and oxygen atoms in total. The van der Waals surface area contributed by atoms with E-state index in [0.29, 0.717) is 17.4 Å². The predicted molar refractivity (Wildman–Crippen MR) is 101 cm³/mol. The Morgan fingerprint density at radius 2 is 1.96 bits per heavy atom. The number of hydrogen-bond acceptors (Lipinski definition) is 3. The van der Waals surface area contributed by atoms with E-state index in [1.54, 1.807) is 0 Å². The molecule has 3 rings (SSSR count). The van der Waals surface area contributed by atoms with Gasteiger partial charge in [-0.2, -0.15) is 0 Å². The minimum atomic E-state index is -0.740. The number of halogens is 1. The molecule has 0 fully saturated rings. The van der Waals surface area contributed by atoms with E-state index in [1.807, 2.05) is 24.3 Å². The van der Waals surface area contributed by atoms with Crippen LogP contribution in [0.15, 0.2) is 53.5 Å². The third kappa shape index (κ3) is 4.45. The number of unbranched alkanes of at least 4 members (excludes halogenated alkanes) is 1. The maximum atomic E-state index is 10.7. The van der Waals surface area contributed by atoms with Crippen molar-refractivity contribution in [3.8, 4) is 0 Å². The Kier molecular flexibility index (Phi) is 5.49. The second-order valence-electron chi connectivity index (χ2n) is 6.62. The van der Waals surface area contributed by atoms with Gasteiger partial charge in [0.1, 0.15) is 0 Å². The van der Waals surface area contributed by atoms with Crippen molar-refractivity contribution in [1.29, 1.82) is 0 Å². The number of fused-ring (bicyclic) bond motifs is 1. The minimum Gasteiger partial charge on any atom is -0.481 e. The van der Waals surface area contributed by atoms with Crippen LogP contribution in [0.2, 0.25) is 5.02 Å². The van der Waals surface area contributed by atoms with Crippen LogP contribution < -0.4 is 10.6 Å². The van der Waals surface area contributed by atoms with E-state index in [9.17, 15) is 4.79 Å². The number of nitrogens with one attached hydrogen (secondary N) is 2. The molecular weight excluding hydrogens is 336 g/mol. The first-order valence-corrected chi connectivity index (χ1v) is 9.08. The molecule has 1 atom stereocenters. The molecule has 1 aromatic rings. The molecule has 0 bridgehead atoms. The van der Waals surface area contributed by atoms with E-state index in [4.69, 9.17) is 16.7 Å². The fourth-order valence-electron chi connectivity index (χ4n) is 3.15. The monoisotopic (exact) mass is 358 g/mol. The number of aliphatic carboxylic acids is 1. The number of benzene rings is 1. The molecule has 1 aliphatic carbocycles. The predicted octanol–water partition coefficient (Wildman–Crippen LogP) is 4.65. The SMILES string of the molecule is CC1C=C2NC(CCCCC(=O)O)=C(c3ccc(Cl)cc3)NC2=CC1. The summed E-state index contributed by atoms with van der Waals surface area (Å²) in [5.74, 6) is -0.228. The summed E-state index contributed by atoms with van der Waals surface area (Å²) in [5, 5.41) is 16.7. The molecule has 25 heavy (non-hydrogen) atoms. The van der Waals surface area contributed by atoms with Crippen LogP contribution in [0.4, 0.5) is 0 Å². The van der Waals surface area contributed by atoms with Crippen LogP contribution in [0.25, 0.3) is 5.70 Å². The van der Waals surface area contributed by atoms with Crippen LogP contribution in [0.5, 0.6) is 0 Å². The summed E-state index contributed by atoms with van der Waals surface area (Å²) in [7, 11) is 0. The maximum Gasteiger partial charge on any atom is 0.303 e. The molecule has 1 aliphatic heterocycles. The van der Waals surface area contributed by atoms with Crippen molar-refractivity contribution in [2.75, 3.05) is 0 Å². The first-order valence-electron chi connectivity index (χ1n) is 8.70. The molecule has 0 radical (unpaired) electrons. The molecule has 1 unspecified atom stereocenters. The van der Waals surface area contributed by atoms with Crippen LogP contribution in [-0.2, 0) is 4.79 Å². The Morgan fingerprint density at radius 1 is 1.20 bits per heavy atom. The molecule has 132 valence electrons. The minimum absolute atomic E-state index is 0.210. The molecule has 5 heteroatoms. The quantitative estimate of drug-likeness (QED) is 0.647. The van der Waals surface area contributed by atoms with E-state index in [-0.39, 0.29) is 6.42 Å². The highest BCUT2D eigenvalue weighted by Gasteiger charge is 2.23. The number of carbonyl (C=O) groups is 1. The highest BCUT2D eigenvalue weighted by Crippen LogP contribution is 2.31. The standard InChI is InChI=1S/C20H23ClN2O2/c1-13-6-11-16-18(12-13)22-17(4-2-3-5-19(24)25)20(23-16)14-7-9-15(21)10-8-14/h7-13,22-23H,2-6H2,1H3,(H,24,25). The molecule has 2 aliphatic rings. The van der Waals surface area contributed by atoms with Crippen LogP contribution >= 0.6 is 11.6 Å². The maximum absolute atomic E-state index is 10.7. The molecule has 0 spiro atoms. The van der Waals surface area contributed by atoms with Crippen LogP contribution in [-0.4, -0.2) is 11.1 Å². The van der Waals surface area contributed by atoms with Crippen LogP contribution in [0, 0.1) is 5.92 Å². The first-order chi connectivity index (χ1) is 12.0. The fraction of sp³-hybridized carbons (Fsp3) is 0.350. The third-order valence-corrected chi connectivity index (χ3v) is 4.73. The number of allylic oxidation sites excluding steroid dienone is 3. The van der Waals surface area contributed by atoms with Crippen molar-refractivity contribution in [2.24, 2.45) is 5.92 Å². The summed E-state index contributed by atoms with van der Waals surface area (Å²) >= 11 is 6.02. The summed E-state index contributed by atoms with van der Waals surface area (Å²) in [4.78, 5) is 10.7. The lowest BCUT2D eigenvalue weighted by atomic mass is 9.95. The Morgan fingerprint density at radius 3 is 2.68 bits per heavy atom.